The third-order valence-electron chi connectivity index (χ3n) is 3.97. The summed E-state index contributed by atoms with van der Waals surface area (Å²) >= 11 is 0. The van der Waals surface area contributed by atoms with Crippen molar-refractivity contribution in [2.24, 2.45) is 0 Å². The molecule has 1 saturated heterocycles. The van der Waals surface area contributed by atoms with Gasteiger partial charge < -0.3 is 15.2 Å². The fourth-order valence-electron chi connectivity index (χ4n) is 2.67. The summed E-state index contributed by atoms with van der Waals surface area (Å²) in [6.45, 7) is 3.54. The Morgan fingerprint density at radius 1 is 1.33 bits per heavy atom. The van der Waals surface area contributed by atoms with E-state index in [1.165, 1.54) is 0 Å². The first-order valence-corrected chi connectivity index (χ1v) is 7.06. The van der Waals surface area contributed by atoms with Crippen LogP contribution in [0, 0.1) is 0 Å². The quantitative estimate of drug-likeness (QED) is 0.907. The Balaban J connectivity index is 2.01. The minimum absolute atomic E-state index is 0.108. The summed E-state index contributed by atoms with van der Waals surface area (Å²) in [6, 6.07) is 8.92. The van der Waals surface area contributed by atoms with Crippen molar-refractivity contribution in [2.75, 3.05) is 18.5 Å². The van der Waals surface area contributed by atoms with Crippen LogP contribution in [0.3, 0.4) is 0 Å². The molecule has 0 atom stereocenters. The van der Waals surface area contributed by atoms with E-state index in [4.69, 9.17) is 4.74 Å². The molecule has 0 aliphatic carbocycles. The van der Waals surface area contributed by atoms with Gasteiger partial charge in [-0.05, 0) is 31.9 Å². The van der Waals surface area contributed by atoms with E-state index >= 15 is 0 Å². The van der Waals surface area contributed by atoms with Gasteiger partial charge in [-0.3, -0.25) is 0 Å². The van der Waals surface area contributed by atoms with Crippen molar-refractivity contribution in [3.8, 4) is 0 Å². The molecule has 2 heterocycles. The number of rotatable bonds is 3. The number of carboxylic acid groups (broad SMARTS) is 1. The van der Waals surface area contributed by atoms with Crippen molar-refractivity contribution in [1.82, 2.24) is 4.98 Å². The SMILES string of the molecule is CC1(Nc2cc(C(=O)O)c3ccccc3n2)CCOCC1. The number of nitrogens with one attached hydrogen (secondary N) is 1. The standard InChI is InChI=1S/C16H18N2O3/c1-16(6-8-21-9-7-16)18-14-10-12(15(19)20)11-4-2-3-5-13(11)17-14/h2-5,10H,6-9H2,1H3,(H,17,18)(H,19,20). The average Bonchev–Trinajstić information content (AvgIpc) is 2.46. The molecule has 5 nitrogen and oxygen atoms in total. The van der Waals surface area contributed by atoms with E-state index in [-0.39, 0.29) is 11.1 Å². The fraction of sp³-hybridized carbons (Fsp3) is 0.375. The first-order valence-electron chi connectivity index (χ1n) is 7.06. The number of hydrogen-bond acceptors (Lipinski definition) is 4. The highest BCUT2D eigenvalue weighted by molar-refractivity contribution is 6.03. The predicted molar refractivity (Wildman–Crippen MR) is 80.8 cm³/mol. The van der Waals surface area contributed by atoms with Crippen LogP contribution in [-0.2, 0) is 4.74 Å². The molecule has 5 heteroatoms. The number of hydrogen-bond donors (Lipinski definition) is 2. The molecule has 1 aliphatic heterocycles. The van der Waals surface area contributed by atoms with E-state index in [0.29, 0.717) is 29.9 Å². The number of nitrogens with zero attached hydrogens (tertiary/aromatic N) is 1. The molecule has 2 aromatic rings. The monoisotopic (exact) mass is 286 g/mol. The molecule has 0 radical (unpaired) electrons. The minimum Gasteiger partial charge on any atom is -0.478 e. The number of benzene rings is 1. The third-order valence-corrected chi connectivity index (χ3v) is 3.97. The number of fused-ring (bicyclic) bond motifs is 1. The Morgan fingerprint density at radius 2 is 2.05 bits per heavy atom. The van der Waals surface area contributed by atoms with Crippen LogP contribution in [0.4, 0.5) is 5.82 Å². The second kappa shape index (κ2) is 5.33. The highest BCUT2D eigenvalue weighted by Gasteiger charge is 2.28. The zero-order chi connectivity index (χ0) is 14.9. The fourth-order valence-corrected chi connectivity index (χ4v) is 2.67. The molecule has 1 fully saturated rings. The van der Waals surface area contributed by atoms with Crippen molar-refractivity contribution >= 4 is 22.7 Å². The molecule has 0 spiro atoms. The number of anilines is 1. The summed E-state index contributed by atoms with van der Waals surface area (Å²) in [6.07, 6.45) is 1.76. The number of aromatic nitrogens is 1. The van der Waals surface area contributed by atoms with Crippen LogP contribution in [0.25, 0.3) is 10.9 Å². The molecule has 1 aromatic heterocycles. The lowest BCUT2D eigenvalue weighted by Crippen LogP contribution is -2.40. The Kier molecular flexibility index (Phi) is 3.51. The van der Waals surface area contributed by atoms with Gasteiger partial charge in [0, 0.05) is 24.1 Å². The maximum atomic E-state index is 11.5. The van der Waals surface area contributed by atoms with Gasteiger partial charge in [-0.2, -0.15) is 0 Å². The van der Waals surface area contributed by atoms with E-state index in [0.717, 1.165) is 12.8 Å². The van der Waals surface area contributed by atoms with Gasteiger partial charge >= 0.3 is 5.97 Å². The molecule has 110 valence electrons. The Bertz CT molecular complexity index is 678. The van der Waals surface area contributed by atoms with E-state index in [1.54, 1.807) is 12.1 Å². The van der Waals surface area contributed by atoms with Crippen LogP contribution < -0.4 is 5.32 Å². The first kappa shape index (κ1) is 13.8. The van der Waals surface area contributed by atoms with Crippen molar-refractivity contribution in [3.63, 3.8) is 0 Å². The van der Waals surface area contributed by atoms with Crippen molar-refractivity contribution in [3.05, 3.63) is 35.9 Å². The Labute approximate surface area is 123 Å². The summed E-state index contributed by atoms with van der Waals surface area (Å²) in [4.78, 5) is 16.0. The third kappa shape index (κ3) is 2.83. The van der Waals surface area contributed by atoms with Crippen molar-refractivity contribution in [1.29, 1.82) is 0 Å². The van der Waals surface area contributed by atoms with Crippen LogP contribution in [-0.4, -0.2) is 34.8 Å². The van der Waals surface area contributed by atoms with Crippen LogP contribution in [0.2, 0.25) is 0 Å². The van der Waals surface area contributed by atoms with Crippen molar-refractivity contribution < 1.29 is 14.6 Å². The van der Waals surface area contributed by atoms with Crippen molar-refractivity contribution in [2.45, 2.75) is 25.3 Å². The number of pyridine rings is 1. The van der Waals surface area contributed by atoms with E-state index in [9.17, 15) is 9.90 Å². The number of carboxylic acids is 1. The molecular formula is C16H18N2O3. The topological polar surface area (TPSA) is 71.5 Å². The van der Waals surface area contributed by atoms with Crippen LogP contribution in [0.5, 0.6) is 0 Å². The van der Waals surface area contributed by atoms with Crippen LogP contribution in [0.15, 0.2) is 30.3 Å². The molecular weight excluding hydrogens is 268 g/mol. The van der Waals surface area contributed by atoms with Gasteiger partial charge in [-0.1, -0.05) is 18.2 Å². The maximum Gasteiger partial charge on any atom is 0.336 e. The smallest absolute Gasteiger partial charge is 0.336 e. The predicted octanol–water partition coefficient (Wildman–Crippen LogP) is 2.91. The Hall–Kier alpha value is -2.14. The summed E-state index contributed by atoms with van der Waals surface area (Å²) in [7, 11) is 0. The molecule has 3 rings (SSSR count). The molecule has 0 unspecified atom stereocenters. The van der Waals surface area contributed by atoms with E-state index < -0.39 is 5.97 Å². The van der Waals surface area contributed by atoms with Gasteiger partial charge in [0.15, 0.2) is 0 Å². The Morgan fingerprint density at radius 3 is 2.76 bits per heavy atom. The second-order valence-corrected chi connectivity index (χ2v) is 5.68. The highest BCUT2D eigenvalue weighted by Crippen LogP contribution is 2.27. The largest absolute Gasteiger partial charge is 0.478 e. The second-order valence-electron chi connectivity index (χ2n) is 5.68. The summed E-state index contributed by atoms with van der Waals surface area (Å²) in [5.74, 6) is -0.329. The van der Waals surface area contributed by atoms with Crippen LogP contribution >= 0.6 is 0 Å². The molecule has 21 heavy (non-hydrogen) atoms. The highest BCUT2D eigenvalue weighted by atomic mass is 16.5. The number of para-hydroxylation sites is 1. The number of aromatic carboxylic acids is 1. The van der Waals surface area contributed by atoms with Gasteiger partial charge in [0.1, 0.15) is 5.82 Å². The van der Waals surface area contributed by atoms with Crippen LogP contribution in [0.1, 0.15) is 30.1 Å². The maximum absolute atomic E-state index is 11.5. The van der Waals surface area contributed by atoms with Gasteiger partial charge in [0.05, 0.1) is 11.1 Å². The molecule has 2 N–H and O–H groups in total. The van der Waals surface area contributed by atoms with Gasteiger partial charge in [0.25, 0.3) is 0 Å². The minimum atomic E-state index is -0.936. The lowest BCUT2D eigenvalue weighted by atomic mass is 9.92. The lowest BCUT2D eigenvalue weighted by molar-refractivity contribution is 0.0655. The van der Waals surface area contributed by atoms with E-state index in [2.05, 4.69) is 17.2 Å². The summed E-state index contributed by atoms with van der Waals surface area (Å²) < 4.78 is 5.38. The number of ether oxygens (including phenoxy) is 1. The summed E-state index contributed by atoms with van der Waals surface area (Å²) in [5, 5.41) is 13.5. The molecule has 0 saturated carbocycles. The summed E-state index contributed by atoms with van der Waals surface area (Å²) in [5.41, 5.74) is 0.859. The molecule has 1 aliphatic rings. The number of carbonyl (C=O) groups is 1. The normalized spacial score (nSPS) is 17.6. The molecule has 0 bridgehead atoms. The van der Waals surface area contributed by atoms with Gasteiger partial charge in [-0.15, -0.1) is 0 Å². The molecule has 0 amide bonds. The zero-order valence-corrected chi connectivity index (χ0v) is 11.9. The van der Waals surface area contributed by atoms with E-state index in [1.807, 2.05) is 18.2 Å². The average molecular weight is 286 g/mol. The zero-order valence-electron chi connectivity index (χ0n) is 11.9. The van der Waals surface area contributed by atoms with Gasteiger partial charge in [0.2, 0.25) is 0 Å². The van der Waals surface area contributed by atoms with Gasteiger partial charge in [-0.25, -0.2) is 9.78 Å². The first-order chi connectivity index (χ1) is 10.1. The molecule has 1 aromatic carbocycles. The lowest BCUT2D eigenvalue weighted by Gasteiger charge is -2.35.